The summed E-state index contributed by atoms with van der Waals surface area (Å²) in [6.45, 7) is 0. The first-order chi connectivity index (χ1) is 26.8. The quantitative estimate of drug-likeness (QED) is 0.151. The van der Waals surface area contributed by atoms with Gasteiger partial charge in [0.25, 0.3) is 0 Å². The molecule has 4 nitrogen and oxygen atoms in total. The second-order valence-electron chi connectivity index (χ2n) is 13.1. The maximum Gasteiger partial charge on any atom is 0.0973 e. The van der Waals surface area contributed by atoms with Crippen LogP contribution in [0.1, 0.15) is 0 Å². The fourth-order valence-corrected chi connectivity index (χ4v) is 7.08. The molecule has 0 spiro atoms. The first-order valence-electron chi connectivity index (χ1n) is 18.2. The Kier molecular flexibility index (Phi) is 8.90. The molecule has 0 bridgehead atoms. The fourth-order valence-electron chi connectivity index (χ4n) is 7.08. The first kappa shape index (κ1) is 32.6. The van der Waals surface area contributed by atoms with E-state index in [4.69, 9.17) is 9.97 Å². The van der Waals surface area contributed by atoms with Gasteiger partial charge >= 0.3 is 0 Å². The summed E-state index contributed by atoms with van der Waals surface area (Å²) in [5.41, 5.74) is 14.3. The molecule has 0 amide bonds. The van der Waals surface area contributed by atoms with Crippen LogP contribution in [0.3, 0.4) is 0 Å². The Bertz CT molecular complexity index is 2590. The smallest absolute Gasteiger partial charge is 0.0973 e. The Morgan fingerprint density at radius 2 is 0.611 bits per heavy atom. The van der Waals surface area contributed by atoms with Crippen molar-refractivity contribution in [2.45, 2.75) is 0 Å². The molecule has 0 aliphatic carbocycles. The van der Waals surface area contributed by atoms with E-state index < -0.39 is 0 Å². The fraction of sp³-hybridized carbons (Fsp3) is 0. The number of hydrogen-bond donors (Lipinski definition) is 0. The minimum absolute atomic E-state index is 0.856. The minimum atomic E-state index is 0.856. The minimum Gasteiger partial charge on any atom is -0.311 e. The second-order valence-corrected chi connectivity index (χ2v) is 13.1. The Labute approximate surface area is 315 Å². The molecule has 0 unspecified atom stereocenters. The number of nitrogens with zero attached hydrogens (tertiary/aromatic N) is 4. The molecule has 0 saturated heterocycles. The van der Waals surface area contributed by atoms with Crippen molar-refractivity contribution in [2.24, 2.45) is 0 Å². The molecule has 0 saturated carbocycles. The van der Waals surface area contributed by atoms with Crippen molar-refractivity contribution in [2.75, 3.05) is 9.80 Å². The van der Waals surface area contributed by atoms with Gasteiger partial charge < -0.3 is 9.80 Å². The first-order valence-corrected chi connectivity index (χ1v) is 18.2. The summed E-state index contributed by atoms with van der Waals surface area (Å²) in [6.07, 6.45) is 0. The zero-order chi connectivity index (χ0) is 36.1. The molecule has 9 rings (SSSR count). The Morgan fingerprint density at radius 3 is 1.13 bits per heavy atom. The van der Waals surface area contributed by atoms with Gasteiger partial charge in [-0.3, -0.25) is 0 Å². The lowest BCUT2D eigenvalue weighted by Crippen LogP contribution is -2.13. The molecule has 54 heavy (non-hydrogen) atoms. The third-order valence-electron chi connectivity index (χ3n) is 9.64. The molecule has 256 valence electrons. The van der Waals surface area contributed by atoms with Gasteiger partial charge in [0.15, 0.2) is 0 Å². The number of fused-ring (bicyclic) bond motifs is 1. The summed E-state index contributed by atoms with van der Waals surface area (Å²) >= 11 is 0. The third-order valence-corrected chi connectivity index (χ3v) is 9.64. The lowest BCUT2D eigenvalue weighted by molar-refractivity contribution is 1.25. The van der Waals surface area contributed by atoms with Crippen molar-refractivity contribution >= 4 is 45.2 Å². The summed E-state index contributed by atoms with van der Waals surface area (Å²) in [4.78, 5) is 14.9. The molecule has 0 fully saturated rings. The molecule has 9 aromatic rings. The number of anilines is 6. The average Bonchev–Trinajstić information content (AvgIpc) is 3.26. The number of benzene rings is 8. The van der Waals surface area contributed by atoms with Gasteiger partial charge in [0.1, 0.15) is 0 Å². The van der Waals surface area contributed by atoms with Crippen molar-refractivity contribution < 1.29 is 0 Å². The van der Waals surface area contributed by atoms with Crippen molar-refractivity contribution in [1.82, 2.24) is 9.97 Å². The van der Waals surface area contributed by atoms with Crippen LogP contribution in [-0.4, -0.2) is 9.97 Å². The maximum atomic E-state index is 5.16. The highest BCUT2D eigenvalue weighted by Gasteiger charge is 2.20. The lowest BCUT2D eigenvalue weighted by atomic mass is 10.0. The predicted octanol–water partition coefficient (Wildman–Crippen LogP) is 13.6. The monoisotopic (exact) mass is 692 g/mol. The van der Waals surface area contributed by atoms with Crippen LogP contribution in [0, 0.1) is 0 Å². The molecule has 0 radical (unpaired) electrons. The Hall–Kier alpha value is -7.30. The van der Waals surface area contributed by atoms with E-state index in [0.29, 0.717) is 0 Å². The Balaban J connectivity index is 1.17. The van der Waals surface area contributed by atoms with Crippen LogP contribution < -0.4 is 9.80 Å². The van der Waals surface area contributed by atoms with Gasteiger partial charge in [-0.15, -0.1) is 0 Å². The van der Waals surface area contributed by atoms with E-state index in [1.54, 1.807) is 0 Å². The van der Waals surface area contributed by atoms with Crippen LogP contribution in [0.4, 0.5) is 34.1 Å². The number of rotatable bonds is 9. The van der Waals surface area contributed by atoms with Crippen molar-refractivity contribution in [3.8, 4) is 33.6 Å². The molecule has 0 aliphatic rings. The molecule has 0 atom stereocenters. The standard InChI is InChI=1S/C50H36N4/c1-5-17-37(18-6-1)45-25-13-16-28-48(45)54(44-35-33-42(34-36-44)53(40-21-9-3-10-22-40)41-23-11-4-12-24-41)43-31-29-39(30-32-43)50-49(38-19-7-2-8-20-38)51-46-26-14-15-27-47(46)52-50/h1-36H. The molecule has 4 heteroatoms. The number of para-hydroxylation sites is 5. The molecule has 0 N–H and O–H groups in total. The highest BCUT2D eigenvalue weighted by molar-refractivity contribution is 5.91. The van der Waals surface area contributed by atoms with E-state index in [0.717, 1.165) is 78.8 Å². The van der Waals surface area contributed by atoms with Crippen LogP contribution in [0.5, 0.6) is 0 Å². The van der Waals surface area contributed by atoms with E-state index >= 15 is 0 Å². The van der Waals surface area contributed by atoms with Crippen LogP contribution in [-0.2, 0) is 0 Å². The molecular formula is C50H36N4. The van der Waals surface area contributed by atoms with Crippen molar-refractivity contribution in [3.63, 3.8) is 0 Å². The summed E-state index contributed by atoms with van der Waals surface area (Å²) in [6, 6.07) is 76.2. The largest absolute Gasteiger partial charge is 0.311 e. The summed E-state index contributed by atoms with van der Waals surface area (Å²) < 4.78 is 0. The van der Waals surface area contributed by atoms with Gasteiger partial charge in [0.2, 0.25) is 0 Å². The average molecular weight is 693 g/mol. The third kappa shape index (κ3) is 6.49. The van der Waals surface area contributed by atoms with Crippen molar-refractivity contribution in [1.29, 1.82) is 0 Å². The maximum absolute atomic E-state index is 5.16. The predicted molar refractivity (Wildman–Crippen MR) is 225 cm³/mol. The van der Waals surface area contributed by atoms with Crippen LogP contribution in [0.2, 0.25) is 0 Å². The molecule has 1 aromatic heterocycles. The number of aromatic nitrogens is 2. The second kappa shape index (κ2) is 14.7. The lowest BCUT2D eigenvalue weighted by Gasteiger charge is -2.29. The van der Waals surface area contributed by atoms with E-state index in [1.165, 1.54) is 0 Å². The SMILES string of the molecule is c1ccc(-c2ccccc2N(c2ccc(-c3nc4ccccc4nc3-c3ccccc3)cc2)c2ccc(N(c3ccccc3)c3ccccc3)cc2)cc1. The number of hydrogen-bond acceptors (Lipinski definition) is 4. The van der Waals surface area contributed by atoms with E-state index in [-0.39, 0.29) is 0 Å². The van der Waals surface area contributed by atoms with Crippen LogP contribution in [0.25, 0.3) is 44.7 Å². The van der Waals surface area contributed by atoms with E-state index in [2.05, 4.69) is 186 Å². The highest BCUT2D eigenvalue weighted by Crippen LogP contribution is 2.43. The normalized spacial score (nSPS) is 11.0. The van der Waals surface area contributed by atoms with Gasteiger partial charge in [-0.2, -0.15) is 0 Å². The summed E-state index contributed by atoms with van der Waals surface area (Å²) in [5.74, 6) is 0. The van der Waals surface area contributed by atoms with Crippen LogP contribution in [0.15, 0.2) is 218 Å². The zero-order valence-corrected chi connectivity index (χ0v) is 29.6. The van der Waals surface area contributed by atoms with Gasteiger partial charge in [-0.05, 0) is 84.4 Å². The van der Waals surface area contributed by atoms with E-state index in [1.807, 2.05) is 42.5 Å². The highest BCUT2D eigenvalue weighted by atomic mass is 15.2. The van der Waals surface area contributed by atoms with Crippen molar-refractivity contribution in [3.05, 3.63) is 218 Å². The topological polar surface area (TPSA) is 32.3 Å². The van der Waals surface area contributed by atoms with Gasteiger partial charge in [0.05, 0.1) is 28.1 Å². The van der Waals surface area contributed by atoms with Gasteiger partial charge in [0, 0.05) is 45.1 Å². The molecular weight excluding hydrogens is 657 g/mol. The zero-order valence-electron chi connectivity index (χ0n) is 29.6. The van der Waals surface area contributed by atoms with Crippen LogP contribution >= 0.6 is 0 Å². The van der Waals surface area contributed by atoms with Gasteiger partial charge in [-0.25, -0.2) is 9.97 Å². The summed E-state index contributed by atoms with van der Waals surface area (Å²) in [7, 11) is 0. The van der Waals surface area contributed by atoms with E-state index in [9.17, 15) is 0 Å². The molecule has 1 heterocycles. The molecule has 0 aliphatic heterocycles. The summed E-state index contributed by atoms with van der Waals surface area (Å²) in [5, 5.41) is 0. The van der Waals surface area contributed by atoms with Gasteiger partial charge in [-0.1, -0.05) is 140 Å². The Morgan fingerprint density at radius 1 is 0.259 bits per heavy atom. The molecule has 8 aromatic carbocycles.